The third-order valence-corrected chi connectivity index (χ3v) is 3.24. The molecule has 0 N–H and O–H groups in total. The van der Waals surface area contributed by atoms with Gasteiger partial charge in [-0.25, -0.2) is 4.79 Å². The minimum absolute atomic E-state index is 0.159. The summed E-state index contributed by atoms with van der Waals surface area (Å²) < 4.78 is 10.3. The highest BCUT2D eigenvalue weighted by Gasteiger charge is 2.35. The van der Waals surface area contributed by atoms with Crippen molar-refractivity contribution < 1.29 is 19.1 Å². The average Bonchev–Trinajstić information content (AvgIpc) is 2.75. The van der Waals surface area contributed by atoms with Crippen molar-refractivity contribution in [3.05, 3.63) is 0 Å². The number of carbonyl (C=O) groups is 2. The van der Waals surface area contributed by atoms with Crippen molar-refractivity contribution in [2.45, 2.75) is 46.6 Å². The van der Waals surface area contributed by atoms with Crippen LogP contribution in [0, 0.1) is 11.8 Å². The van der Waals surface area contributed by atoms with E-state index >= 15 is 0 Å². The van der Waals surface area contributed by atoms with Crippen molar-refractivity contribution in [1.29, 1.82) is 0 Å². The van der Waals surface area contributed by atoms with Gasteiger partial charge in [0, 0.05) is 13.1 Å². The molecule has 110 valence electrons. The molecule has 1 aliphatic rings. The molecule has 1 heterocycles. The van der Waals surface area contributed by atoms with E-state index in [1.165, 1.54) is 0 Å². The van der Waals surface area contributed by atoms with Gasteiger partial charge in [-0.3, -0.25) is 4.79 Å². The van der Waals surface area contributed by atoms with Crippen molar-refractivity contribution in [3.63, 3.8) is 0 Å². The molecular weight excluding hydrogens is 246 g/mol. The van der Waals surface area contributed by atoms with Gasteiger partial charge in [-0.15, -0.1) is 0 Å². The van der Waals surface area contributed by atoms with Crippen molar-refractivity contribution in [2.24, 2.45) is 11.8 Å². The summed E-state index contributed by atoms with van der Waals surface area (Å²) in [6.45, 7) is 10.8. The smallest absolute Gasteiger partial charge is 0.410 e. The Hall–Kier alpha value is -1.26. The Balaban J connectivity index is 2.49. The highest BCUT2D eigenvalue weighted by molar-refractivity contribution is 5.73. The van der Waals surface area contributed by atoms with Gasteiger partial charge >= 0.3 is 12.1 Å². The number of esters is 1. The lowest BCUT2D eigenvalue weighted by atomic mass is 9.93. The molecular formula is C14H25NO4. The van der Waals surface area contributed by atoms with Crippen molar-refractivity contribution in [2.75, 3.05) is 19.7 Å². The molecule has 19 heavy (non-hydrogen) atoms. The van der Waals surface area contributed by atoms with Crippen LogP contribution in [0.1, 0.15) is 41.0 Å². The first-order valence-corrected chi connectivity index (χ1v) is 6.89. The zero-order valence-corrected chi connectivity index (χ0v) is 12.6. The number of carbonyl (C=O) groups excluding carboxylic acids is 2. The van der Waals surface area contributed by atoms with E-state index in [0.29, 0.717) is 19.7 Å². The Morgan fingerprint density at radius 3 is 2.53 bits per heavy atom. The molecule has 0 aromatic heterocycles. The molecule has 1 rings (SSSR count). The Bertz CT molecular complexity index is 335. The van der Waals surface area contributed by atoms with Crippen LogP contribution in [0.4, 0.5) is 4.79 Å². The zero-order valence-electron chi connectivity index (χ0n) is 12.6. The number of ether oxygens (including phenoxy) is 2. The van der Waals surface area contributed by atoms with Gasteiger partial charge in [0.15, 0.2) is 0 Å². The van der Waals surface area contributed by atoms with Crippen LogP contribution in [-0.2, 0) is 14.3 Å². The molecule has 0 radical (unpaired) electrons. The van der Waals surface area contributed by atoms with Crippen molar-refractivity contribution >= 4 is 12.1 Å². The summed E-state index contributed by atoms with van der Waals surface area (Å²) in [6, 6.07) is 0. The van der Waals surface area contributed by atoms with Gasteiger partial charge in [-0.2, -0.15) is 0 Å². The van der Waals surface area contributed by atoms with Crippen LogP contribution in [0.3, 0.4) is 0 Å². The summed E-state index contributed by atoms with van der Waals surface area (Å²) in [4.78, 5) is 25.3. The maximum absolute atomic E-state index is 11.9. The number of hydrogen-bond acceptors (Lipinski definition) is 4. The highest BCUT2D eigenvalue weighted by atomic mass is 16.6. The Kier molecular flexibility index (Phi) is 5.20. The maximum atomic E-state index is 11.9. The molecule has 5 nitrogen and oxygen atoms in total. The predicted octanol–water partition coefficient (Wildman–Crippen LogP) is 2.44. The Morgan fingerprint density at radius 1 is 1.37 bits per heavy atom. The Labute approximate surface area is 115 Å². The third kappa shape index (κ3) is 4.73. The molecule has 5 heteroatoms. The predicted molar refractivity (Wildman–Crippen MR) is 71.7 cm³/mol. The first-order valence-electron chi connectivity index (χ1n) is 6.89. The normalized spacial score (nSPS) is 21.1. The standard InChI is InChI=1S/C14H25NO4/c1-6-18-12(16)10(2)11-7-8-15(9-11)13(17)19-14(3,4)5/h10-11H,6-9H2,1-5H3/t10?,11-/m0/s1. The minimum Gasteiger partial charge on any atom is -0.466 e. The van der Waals surface area contributed by atoms with E-state index in [1.54, 1.807) is 11.8 Å². The van der Waals surface area contributed by atoms with E-state index in [9.17, 15) is 9.59 Å². The lowest BCUT2D eigenvalue weighted by Crippen LogP contribution is -2.36. The fourth-order valence-electron chi connectivity index (χ4n) is 2.15. The van der Waals surface area contributed by atoms with Gasteiger partial charge in [0.1, 0.15) is 5.60 Å². The van der Waals surface area contributed by atoms with Crippen LogP contribution >= 0.6 is 0 Å². The lowest BCUT2D eigenvalue weighted by molar-refractivity contribution is -0.149. The van der Waals surface area contributed by atoms with E-state index in [0.717, 1.165) is 6.42 Å². The number of amides is 1. The molecule has 0 aliphatic carbocycles. The lowest BCUT2D eigenvalue weighted by Gasteiger charge is -2.25. The molecule has 1 fully saturated rings. The highest BCUT2D eigenvalue weighted by Crippen LogP contribution is 2.26. The first kappa shape index (κ1) is 15.8. The second-order valence-corrected chi connectivity index (χ2v) is 6.02. The van der Waals surface area contributed by atoms with Crippen LogP contribution < -0.4 is 0 Å². The summed E-state index contributed by atoms with van der Waals surface area (Å²) in [7, 11) is 0. The van der Waals surface area contributed by atoms with E-state index in [-0.39, 0.29) is 23.9 Å². The largest absolute Gasteiger partial charge is 0.466 e. The van der Waals surface area contributed by atoms with Gasteiger partial charge < -0.3 is 14.4 Å². The van der Waals surface area contributed by atoms with E-state index in [2.05, 4.69) is 0 Å². The molecule has 1 amide bonds. The first-order chi connectivity index (χ1) is 8.74. The van der Waals surface area contributed by atoms with Gasteiger partial charge in [-0.05, 0) is 40.0 Å². The summed E-state index contributed by atoms with van der Waals surface area (Å²) in [5.74, 6) is -0.197. The second kappa shape index (κ2) is 6.26. The molecule has 2 atom stereocenters. The number of rotatable bonds is 3. The zero-order chi connectivity index (χ0) is 14.6. The summed E-state index contributed by atoms with van der Waals surface area (Å²) in [5, 5.41) is 0. The molecule has 0 aromatic carbocycles. The molecule has 1 unspecified atom stereocenters. The number of hydrogen-bond donors (Lipinski definition) is 0. The van der Waals surface area contributed by atoms with Crippen LogP contribution in [0.5, 0.6) is 0 Å². The van der Waals surface area contributed by atoms with Crippen molar-refractivity contribution in [3.8, 4) is 0 Å². The fourth-order valence-corrected chi connectivity index (χ4v) is 2.15. The van der Waals surface area contributed by atoms with E-state index in [4.69, 9.17) is 9.47 Å². The quantitative estimate of drug-likeness (QED) is 0.740. The van der Waals surface area contributed by atoms with Crippen LogP contribution in [0.25, 0.3) is 0 Å². The molecule has 0 bridgehead atoms. The molecule has 1 aliphatic heterocycles. The molecule has 0 saturated carbocycles. The molecule has 1 saturated heterocycles. The van der Waals surface area contributed by atoms with Gasteiger partial charge in [-0.1, -0.05) is 6.92 Å². The number of nitrogens with zero attached hydrogens (tertiary/aromatic N) is 1. The third-order valence-electron chi connectivity index (χ3n) is 3.24. The minimum atomic E-state index is -0.484. The second-order valence-electron chi connectivity index (χ2n) is 6.02. The summed E-state index contributed by atoms with van der Waals surface area (Å²) in [6.07, 6.45) is 0.519. The fraction of sp³-hybridized carbons (Fsp3) is 0.857. The van der Waals surface area contributed by atoms with Gasteiger partial charge in [0.05, 0.1) is 12.5 Å². The van der Waals surface area contributed by atoms with Crippen molar-refractivity contribution in [1.82, 2.24) is 4.90 Å². The average molecular weight is 271 g/mol. The Morgan fingerprint density at radius 2 is 2.00 bits per heavy atom. The van der Waals surface area contributed by atoms with Crippen LogP contribution in [0.15, 0.2) is 0 Å². The van der Waals surface area contributed by atoms with E-state index in [1.807, 2.05) is 27.7 Å². The monoisotopic (exact) mass is 271 g/mol. The molecule has 0 aromatic rings. The summed E-state index contributed by atoms with van der Waals surface area (Å²) >= 11 is 0. The maximum Gasteiger partial charge on any atom is 0.410 e. The van der Waals surface area contributed by atoms with Gasteiger partial charge in [0.25, 0.3) is 0 Å². The summed E-state index contributed by atoms with van der Waals surface area (Å²) in [5.41, 5.74) is -0.484. The van der Waals surface area contributed by atoms with Gasteiger partial charge in [0.2, 0.25) is 0 Å². The van der Waals surface area contributed by atoms with Crippen LogP contribution in [0.2, 0.25) is 0 Å². The molecule has 0 spiro atoms. The van der Waals surface area contributed by atoms with Crippen LogP contribution in [-0.4, -0.2) is 42.3 Å². The topological polar surface area (TPSA) is 55.8 Å². The number of likely N-dealkylation sites (tertiary alicyclic amines) is 1. The SMILES string of the molecule is CCOC(=O)C(C)[C@H]1CCN(C(=O)OC(C)(C)C)C1. The van der Waals surface area contributed by atoms with E-state index < -0.39 is 5.60 Å².